The van der Waals surface area contributed by atoms with E-state index in [0.717, 1.165) is 44.4 Å². The minimum Gasteiger partial charge on any atom is -0.462 e. The molecule has 306 valence electrons. The SMILES string of the molecule is CCC(C)CCCCCCCCCCC(=O)O[C@H](COC(=O)CCC/C=C\C/C=C\C/C=C\C/C=C\C=C\[C@@H](O)CC)COP(=O)(O)OC[C@@H](O)CO. The molecule has 0 spiro atoms. The van der Waals surface area contributed by atoms with E-state index in [4.69, 9.17) is 19.1 Å². The number of allylic oxidation sites excluding steroid dienone is 9. The maximum absolute atomic E-state index is 12.5. The third kappa shape index (κ3) is 35.1. The largest absolute Gasteiger partial charge is 0.472 e. The number of carbonyl (C=O) groups excluding carboxylic acids is 2. The van der Waals surface area contributed by atoms with Crippen molar-refractivity contribution in [3.8, 4) is 0 Å². The molecule has 0 aliphatic carbocycles. The first-order chi connectivity index (χ1) is 25.5. The first-order valence-electron chi connectivity index (χ1n) is 19.7. The van der Waals surface area contributed by atoms with Crippen LogP contribution in [0.1, 0.15) is 136 Å². The van der Waals surface area contributed by atoms with Crippen molar-refractivity contribution >= 4 is 19.8 Å². The monoisotopic (exact) mass is 770 g/mol. The average Bonchev–Trinajstić information content (AvgIpc) is 3.15. The molecular formula is C41H71O11P. The topological polar surface area (TPSA) is 169 Å². The van der Waals surface area contributed by atoms with Crippen LogP contribution in [0.2, 0.25) is 0 Å². The van der Waals surface area contributed by atoms with E-state index in [-0.39, 0.29) is 25.6 Å². The zero-order valence-corrected chi connectivity index (χ0v) is 33.6. The van der Waals surface area contributed by atoms with Crippen LogP contribution in [0.5, 0.6) is 0 Å². The molecule has 0 aliphatic heterocycles. The van der Waals surface area contributed by atoms with Gasteiger partial charge in [-0.25, -0.2) is 4.57 Å². The fraction of sp³-hybridized carbons (Fsp3) is 0.707. The van der Waals surface area contributed by atoms with Gasteiger partial charge >= 0.3 is 19.8 Å². The van der Waals surface area contributed by atoms with E-state index in [0.29, 0.717) is 25.7 Å². The highest BCUT2D eigenvalue weighted by molar-refractivity contribution is 7.47. The van der Waals surface area contributed by atoms with Crippen molar-refractivity contribution in [2.45, 2.75) is 155 Å². The number of aliphatic hydroxyl groups excluding tert-OH is 3. The van der Waals surface area contributed by atoms with E-state index < -0.39 is 51.8 Å². The lowest BCUT2D eigenvalue weighted by Crippen LogP contribution is -2.29. The van der Waals surface area contributed by atoms with E-state index in [1.165, 1.54) is 38.5 Å². The number of ether oxygens (including phenoxy) is 2. The Morgan fingerprint density at radius 2 is 1.25 bits per heavy atom. The number of aliphatic hydroxyl groups is 3. The number of carbonyl (C=O) groups is 2. The van der Waals surface area contributed by atoms with Crippen molar-refractivity contribution in [2.24, 2.45) is 5.92 Å². The highest BCUT2D eigenvalue weighted by Gasteiger charge is 2.27. The molecule has 0 aromatic rings. The summed E-state index contributed by atoms with van der Waals surface area (Å²) in [6.45, 7) is 4.25. The van der Waals surface area contributed by atoms with Gasteiger partial charge in [0.2, 0.25) is 0 Å². The zero-order valence-electron chi connectivity index (χ0n) is 32.7. The molecule has 2 unspecified atom stereocenters. The lowest BCUT2D eigenvalue weighted by molar-refractivity contribution is -0.161. The van der Waals surface area contributed by atoms with Crippen molar-refractivity contribution in [2.75, 3.05) is 26.4 Å². The van der Waals surface area contributed by atoms with Gasteiger partial charge in [-0.15, -0.1) is 0 Å². The number of hydrogen-bond donors (Lipinski definition) is 4. The van der Waals surface area contributed by atoms with E-state index in [1.807, 2.05) is 37.3 Å². The van der Waals surface area contributed by atoms with Crippen molar-refractivity contribution in [1.82, 2.24) is 0 Å². The first kappa shape index (κ1) is 50.6. The molecule has 4 N–H and O–H groups in total. The van der Waals surface area contributed by atoms with Gasteiger partial charge in [0.15, 0.2) is 6.10 Å². The van der Waals surface area contributed by atoms with E-state index in [9.17, 15) is 29.3 Å². The van der Waals surface area contributed by atoms with Crippen LogP contribution >= 0.6 is 7.82 Å². The van der Waals surface area contributed by atoms with Gasteiger partial charge in [0.1, 0.15) is 12.7 Å². The van der Waals surface area contributed by atoms with Gasteiger partial charge in [0.25, 0.3) is 0 Å². The zero-order chi connectivity index (χ0) is 39.4. The van der Waals surface area contributed by atoms with Crippen LogP contribution in [0.15, 0.2) is 60.8 Å². The summed E-state index contributed by atoms with van der Waals surface area (Å²) in [6.07, 6.45) is 33.0. The van der Waals surface area contributed by atoms with Crippen LogP contribution in [0.4, 0.5) is 0 Å². The van der Waals surface area contributed by atoms with Crippen LogP contribution in [0.3, 0.4) is 0 Å². The maximum atomic E-state index is 12.5. The highest BCUT2D eigenvalue weighted by atomic mass is 31.2. The second kappa shape index (κ2) is 35.3. The fourth-order valence-electron chi connectivity index (χ4n) is 4.78. The number of esters is 2. The Labute approximate surface area is 319 Å². The summed E-state index contributed by atoms with van der Waals surface area (Å²) in [6, 6.07) is 0. The smallest absolute Gasteiger partial charge is 0.462 e. The lowest BCUT2D eigenvalue weighted by atomic mass is 9.99. The molecule has 0 saturated carbocycles. The predicted molar refractivity (Wildman–Crippen MR) is 211 cm³/mol. The summed E-state index contributed by atoms with van der Waals surface area (Å²) in [4.78, 5) is 34.8. The molecule has 0 aromatic heterocycles. The van der Waals surface area contributed by atoms with Gasteiger partial charge < -0.3 is 29.7 Å². The molecule has 0 amide bonds. The van der Waals surface area contributed by atoms with Gasteiger partial charge in [-0.05, 0) is 50.9 Å². The van der Waals surface area contributed by atoms with Crippen LogP contribution in [0.25, 0.3) is 0 Å². The molecule has 0 saturated heterocycles. The molecule has 53 heavy (non-hydrogen) atoms. The van der Waals surface area contributed by atoms with Gasteiger partial charge in [-0.1, -0.05) is 139 Å². The second-order valence-electron chi connectivity index (χ2n) is 13.4. The Kier molecular flexibility index (Phi) is 33.8. The van der Waals surface area contributed by atoms with Gasteiger partial charge in [0.05, 0.1) is 25.9 Å². The number of phosphoric ester groups is 1. The quantitative estimate of drug-likeness (QED) is 0.0160. The Bertz CT molecular complexity index is 1100. The van der Waals surface area contributed by atoms with E-state index in [2.05, 4.69) is 42.7 Å². The minimum atomic E-state index is -4.63. The van der Waals surface area contributed by atoms with Gasteiger partial charge in [-0.2, -0.15) is 0 Å². The molecule has 0 aromatic carbocycles. The van der Waals surface area contributed by atoms with Gasteiger partial charge in [-0.3, -0.25) is 18.6 Å². The molecule has 0 fully saturated rings. The minimum absolute atomic E-state index is 0.147. The van der Waals surface area contributed by atoms with Crippen LogP contribution in [-0.2, 0) is 32.7 Å². The first-order valence-corrected chi connectivity index (χ1v) is 21.2. The number of hydrogen-bond acceptors (Lipinski definition) is 10. The molecule has 12 heteroatoms. The summed E-state index contributed by atoms with van der Waals surface area (Å²) in [5.41, 5.74) is 0. The molecule has 11 nitrogen and oxygen atoms in total. The lowest BCUT2D eigenvalue weighted by Gasteiger charge is -2.20. The summed E-state index contributed by atoms with van der Waals surface area (Å²) >= 11 is 0. The predicted octanol–water partition coefficient (Wildman–Crippen LogP) is 8.77. The number of rotatable bonds is 35. The second-order valence-corrected chi connectivity index (χ2v) is 14.8. The van der Waals surface area contributed by atoms with Crippen molar-refractivity contribution in [1.29, 1.82) is 0 Å². The summed E-state index contributed by atoms with van der Waals surface area (Å²) in [5, 5.41) is 27.7. The molecule has 0 aliphatic rings. The average molecular weight is 771 g/mol. The van der Waals surface area contributed by atoms with E-state index >= 15 is 0 Å². The standard InChI is InChI=1S/C41H71O11P/c1-4-36(3)28-24-20-16-14-15-19-23-27-31-41(46)52-39(35-51-53(47,48)50-33-38(44)32-42)34-49-40(45)30-26-22-18-13-11-9-7-6-8-10-12-17-21-25-29-37(43)5-2/h7-10,13,17-18,21,25,29,36-39,42-44H,4-6,11-12,14-16,19-20,22-24,26-28,30-35H2,1-3H3,(H,47,48)/b9-7-,10-8-,18-13-,21-17-,29-25+/t36?,37-,38-,39+/m0/s1. The molecule has 0 radical (unpaired) electrons. The molecule has 0 heterocycles. The third-order valence-corrected chi connectivity index (χ3v) is 9.34. The number of phosphoric acid groups is 1. The third-order valence-electron chi connectivity index (χ3n) is 8.38. The van der Waals surface area contributed by atoms with Gasteiger partial charge in [0, 0.05) is 12.8 Å². The van der Waals surface area contributed by atoms with Crippen LogP contribution < -0.4 is 0 Å². The summed E-state index contributed by atoms with van der Waals surface area (Å²) in [5.74, 6) is -0.221. The Balaban J connectivity index is 4.48. The molecule has 5 atom stereocenters. The van der Waals surface area contributed by atoms with Crippen molar-refractivity contribution < 1.29 is 52.9 Å². The summed E-state index contributed by atoms with van der Waals surface area (Å²) in [7, 11) is -4.63. The van der Waals surface area contributed by atoms with Crippen molar-refractivity contribution in [3.63, 3.8) is 0 Å². The van der Waals surface area contributed by atoms with Crippen LogP contribution in [-0.4, -0.2) is 76.9 Å². The summed E-state index contributed by atoms with van der Waals surface area (Å²) < 4.78 is 32.5. The highest BCUT2D eigenvalue weighted by Crippen LogP contribution is 2.43. The molecule has 0 rings (SSSR count). The normalized spacial score (nSPS) is 15.8. The molecular weight excluding hydrogens is 699 g/mol. The Morgan fingerprint density at radius 1 is 0.679 bits per heavy atom. The van der Waals surface area contributed by atoms with Crippen molar-refractivity contribution in [3.05, 3.63) is 60.8 Å². The molecule has 0 bridgehead atoms. The van der Waals surface area contributed by atoms with Crippen LogP contribution in [0, 0.1) is 5.92 Å². The Hall–Kier alpha value is -2.37. The number of unbranched alkanes of at least 4 members (excludes halogenated alkanes) is 8. The van der Waals surface area contributed by atoms with E-state index in [1.54, 1.807) is 6.08 Å². The Morgan fingerprint density at radius 3 is 1.87 bits per heavy atom. The fourth-order valence-corrected chi connectivity index (χ4v) is 5.57. The maximum Gasteiger partial charge on any atom is 0.472 e.